The molecule has 0 saturated carbocycles. The Morgan fingerprint density at radius 2 is 2.14 bits per heavy atom. The van der Waals surface area contributed by atoms with E-state index in [-0.39, 0.29) is 14.4 Å². The molecule has 0 aromatic carbocycles. The van der Waals surface area contributed by atoms with Crippen molar-refractivity contribution in [3.63, 3.8) is 0 Å². The highest BCUT2D eigenvalue weighted by atomic mass is 35.5. The molecule has 7 heavy (non-hydrogen) atoms. The summed E-state index contributed by atoms with van der Waals surface area (Å²) in [5, 5.41) is 0. The first-order valence-corrected chi connectivity index (χ1v) is 5.42. The van der Waals surface area contributed by atoms with Crippen LogP contribution in [0.15, 0.2) is 0 Å². The minimum Gasteiger partial charge on any atom is -0.106 e. The molecular formula is C4H10Cl2Si. The van der Waals surface area contributed by atoms with Crippen molar-refractivity contribution in [3.8, 4) is 0 Å². The third kappa shape index (κ3) is 6.80. The van der Waals surface area contributed by atoms with Crippen molar-refractivity contribution in [2.45, 2.75) is 23.8 Å². The van der Waals surface area contributed by atoms with Crippen molar-refractivity contribution in [2.75, 3.05) is 0 Å². The van der Waals surface area contributed by atoms with Crippen molar-refractivity contribution < 1.29 is 0 Å². The summed E-state index contributed by atoms with van der Waals surface area (Å²) < 4.78 is 0. The lowest BCUT2D eigenvalue weighted by Gasteiger charge is -1.93. The third-order valence-electron chi connectivity index (χ3n) is 0.776. The Hall–Kier alpha value is 0.797. The highest BCUT2D eigenvalue weighted by Gasteiger charge is 1.94. The lowest BCUT2D eigenvalue weighted by atomic mass is 10.9. The summed E-state index contributed by atoms with van der Waals surface area (Å²) in [6.45, 7) is 2.18. The van der Waals surface area contributed by atoms with Crippen LogP contribution in [0.4, 0.5) is 0 Å². The Morgan fingerprint density at radius 3 is 2.29 bits per heavy atom. The zero-order chi connectivity index (χ0) is 5.70. The molecule has 0 unspecified atom stereocenters. The van der Waals surface area contributed by atoms with E-state index >= 15 is 0 Å². The van der Waals surface area contributed by atoms with Gasteiger partial charge >= 0.3 is 0 Å². The second-order valence-corrected chi connectivity index (χ2v) is 5.09. The van der Waals surface area contributed by atoms with Gasteiger partial charge in [0.15, 0.2) is 0 Å². The van der Waals surface area contributed by atoms with Crippen LogP contribution >= 0.6 is 23.2 Å². The standard InChI is InChI=1S/C4H10Cl2Si/c1-2-7-3-4(5)6/h4H,2-3,7H2,1H3. The summed E-state index contributed by atoms with van der Waals surface area (Å²) in [7, 11) is 0.110. The van der Waals surface area contributed by atoms with E-state index in [1.54, 1.807) is 0 Å². The molecule has 0 nitrogen and oxygen atoms in total. The Balaban J connectivity index is 2.68. The highest BCUT2D eigenvalue weighted by molar-refractivity contribution is 6.49. The first-order chi connectivity index (χ1) is 3.27. The molecule has 44 valence electrons. The Morgan fingerprint density at radius 1 is 1.57 bits per heavy atom. The zero-order valence-corrected chi connectivity index (χ0v) is 7.38. The van der Waals surface area contributed by atoms with Crippen LogP contribution < -0.4 is 0 Å². The van der Waals surface area contributed by atoms with Crippen molar-refractivity contribution in [1.82, 2.24) is 0 Å². The maximum atomic E-state index is 5.46. The van der Waals surface area contributed by atoms with Gasteiger partial charge in [0.05, 0.1) is 0 Å². The van der Waals surface area contributed by atoms with Gasteiger partial charge in [-0.05, 0) is 6.04 Å². The summed E-state index contributed by atoms with van der Waals surface area (Å²) >= 11 is 10.9. The molecule has 3 heteroatoms. The van der Waals surface area contributed by atoms with Crippen LogP contribution in [0.2, 0.25) is 12.1 Å². The molecule has 0 saturated heterocycles. The molecule has 0 spiro atoms. The van der Waals surface area contributed by atoms with Crippen LogP contribution in [0, 0.1) is 0 Å². The van der Waals surface area contributed by atoms with Gasteiger partial charge in [0, 0.05) is 9.52 Å². The SMILES string of the molecule is CC[SiH2]CC(Cl)Cl. The maximum Gasteiger partial charge on any atom is 0.105 e. The average Bonchev–Trinajstić information content (AvgIpc) is 1.61. The molecule has 0 amide bonds. The van der Waals surface area contributed by atoms with E-state index in [4.69, 9.17) is 23.2 Å². The van der Waals surface area contributed by atoms with Gasteiger partial charge in [-0.1, -0.05) is 13.0 Å². The summed E-state index contributed by atoms with van der Waals surface area (Å²) in [5.41, 5.74) is 0. The van der Waals surface area contributed by atoms with E-state index < -0.39 is 0 Å². The van der Waals surface area contributed by atoms with E-state index in [9.17, 15) is 0 Å². The molecule has 0 aliphatic rings. The lowest BCUT2D eigenvalue weighted by Crippen LogP contribution is -1.92. The molecule has 0 fully saturated rings. The summed E-state index contributed by atoms with van der Waals surface area (Å²) in [5.74, 6) is 0. The normalized spacial score (nSPS) is 12.0. The summed E-state index contributed by atoms with van der Waals surface area (Å²) in [6, 6.07) is 2.38. The molecule has 0 aromatic rings. The number of hydrogen-bond acceptors (Lipinski definition) is 0. The van der Waals surface area contributed by atoms with E-state index in [1.165, 1.54) is 6.04 Å². The molecule has 0 aliphatic carbocycles. The Labute approximate surface area is 57.0 Å². The second kappa shape index (κ2) is 4.94. The molecule has 0 radical (unpaired) electrons. The molecule has 0 heterocycles. The molecule has 0 atom stereocenters. The molecule has 0 bridgehead atoms. The van der Waals surface area contributed by atoms with Crippen LogP contribution in [0.1, 0.15) is 6.92 Å². The van der Waals surface area contributed by atoms with Gasteiger partial charge in [-0.3, -0.25) is 0 Å². The predicted molar refractivity (Wildman–Crippen MR) is 39.3 cm³/mol. The molecule has 0 aromatic heterocycles. The fraction of sp³-hybridized carbons (Fsp3) is 1.00. The smallest absolute Gasteiger partial charge is 0.105 e. The monoisotopic (exact) mass is 156 g/mol. The largest absolute Gasteiger partial charge is 0.106 e. The fourth-order valence-electron chi connectivity index (χ4n) is 0.358. The molecule has 0 rings (SSSR count). The third-order valence-corrected chi connectivity index (χ3v) is 3.64. The minimum absolute atomic E-state index is 0.0911. The van der Waals surface area contributed by atoms with E-state index in [0.717, 1.165) is 6.04 Å². The van der Waals surface area contributed by atoms with Gasteiger partial charge in [-0.25, -0.2) is 0 Å². The van der Waals surface area contributed by atoms with Gasteiger partial charge in [-0.15, -0.1) is 23.2 Å². The van der Waals surface area contributed by atoms with E-state index in [0.29, 0.717) is 0 Å². The summed E-state index contributed by atoms with van der Waals surface area (Å²) in [6.07, 6.45) is 0. The number of halogens is 2. The van der Waals surface area contributed by atoms with Gasteiger partial charge < -0.3 is 0 Å². The van der Waals surface area contributed by atoms with Gasteiger partial charge in [-0.2, -0.15) is 0 Å². The van der Waals surface area contributed by atoms with Crippen LogP contribution in [0.3, 0.4) is 0 Å². The van der Waals surface area contributed by atoms with Crippen molar-refractivity contribution in [3.05, 3.63) is 0 Å². The number of hydrogen-bond donors (Lipinski definition) is 0. The zero-order valence-electron chi connectivity index (χ0n) is 4.45. The van der Waals surface area contributed by atoms with Crippen LogP contribution in [0.25, 0.3) is 0 Å². The molecule has 0 aliphatic heterocycles. The number of alkyl halides is 2. The van der Waals surface area contributed by atoms with Crippen LogP contribution in [0.5, 0.6) is 0 Å². The van der Waals surface area contributed by atoms with Crippen LogP contribution in [-0.4, -0.2) is 14.4 Å². The van der Waals surface area contributed by atoms with Gasteiger partial charge in [0.25, 0.3) is 0 Å². The fourth-order valence-corrected chi connectivity index (χ4v) is 2.00. The topological polar surface area (TPSA) is 0 Å². The maximum absolute atomic E-state index is 5.46. The molecular weight excluding hydrogens is 147 g/mol. The number of rotatable bonds is 3. The quantitative estimate of drug-likeness (QED) is 0.433. The lowest BCUT2D eigenvalue weighted by molar-refractivity contribution is 1.30. The van der Waals surface area contributed by atoms with Crippen molar-refractivity contribution in [1.29, 1.82) is 0 Å². The van der Waals surface area contributed by atoms with Gasteiger partial charge in [0.2, 0.25) is 0 Å². The van der Waals surface area contributed by atoms with Gasteiger partial charge in [0.1, 0.15) is 4.84 Å². The van der Waals surface area contributed by atoms with Crippen molar-refractivity contribution in [2.24, 2.45) is 0 Å². The Bertz CT molecular complexity index is 38.7. The first-order valence-electron chi connectivity index (χ1n) is 2.55. The predicted octanol–water partition coefficient (Wildman–Crippen LogP) is 1.82. The van der Waals surface area contributed by atoms with Crippen LogP contribution in [-0.2, 0) is 0 Å². The first kappa shape index (κ1) is 7.80. The highest BCUT2D eigenvalue weighted by Crippen LogP contribution is 2.06. The van der Waals surface area contributed by atoms with E-state index in [1.807, 2.05) is 0 Å². The second-order valence-electron chi connectivity index (χ2n) is 1.53. The molecule has 0 N–H and O–H groups in total. The average molecular weight is 157 g/mol. The summed E-state index contributed by atoms with van der Waals surface area (Å²) in [4.78, 5) is -0.0911. The minimum atomic E-state index is -0.0911. The Kier molecular flexibility index (Phi) is 5.51. The van der Waals surface area contributed by atoms with Crippen molar-refractivity contribution >= 4 is 32.7 Å². The van der Waals surface area contributed by atoms with E-state index in [2.05, 4.69) is 6.92 Å².